The number of Topliss-reactive ketones (excluding diaryl/α,β-unsaturated/α-hetero) is 1. The molecule has 9 nitrogen and oxygen atoms in total. The van der Waals surface area contributed by atoms with E-state index >= 15 is 0 Å². The van der Waals surface area contributed by atoms with E-state index in [4.69, 9.17) is 15.3 Å². The van der Waals surface area contributed by atoms with Crippen molar-refractivity contribution in [1.29, 1.82) is 5.41 Å². The fourth-order valence-corrected chi connectivity index (χ4v) is 4.10. The summed E-state index contributed by atoms with van der Waals surface area (Å²) in [6, 6.07) is 7.05. The van der Waals surface area contributed by atoms with Crippen molar-refractivity contribution >= 4 is 23.5 Å². The molecule has 1 amide bonds. The van der Waals surface area contributed by atoms with E-state index in [1.807, 2.05) is 39.8 Å². The summed E-state index contributed by atoms with van der Waals surface area (Å²) in [5, 5.41) is 17.6. The number of ketones is 1. The van der Waals surface area contributed by atoms with E-state index in [-0.39, 0.29) is 23.7 Å². The Bertz CT molecular complexity index is 1200. The number of likely N-dealkylation sites (N-methyl/N-ethyl adjacent to an activating group) is 1. The van der Waals surface area contributed by atoms with Crippen molar-refractivity contribution in [3.05, 3.63) is 57.9 Å². The molecule has 0 radical (unpaired) electrons. The molecule has 2 aromatic rings. The Kier molecular flexibility index (Phi) is 7.28. The molecule has 0 saturated heterocycles. The number of benzene rings is 1. The monoisotopic (exact) mass is 480 g/mol. The van der Waals surface area contributed by atoms with Gasteiger partial charge in [-0.2, -0.15) is 0 Å². The average Bonchev–Trinajstić information content (AvgIpc) is 3.10. The number of rotatable bonds is 8. The molecule has 0 spiro atoms. The second kappa shape index (κ2) is 9.85. The average molecular weight is 481 g/mol. The Morgan fingerprint density at radius 2 is 1.91 bits per heavy atom. The minimum Gasteiger partial charge on any atom is -0.496 e. The number of hydrogen-bond acceptors (Lipinski definition) is 6. The number of amidine groups is 1. The van der Waals surface area contributed by atoms with Crippen LogP contribution in [0.25, 0.3) is 0 Å². The highest BCUT2D eigenvalue weighted by atomic mass is 16.5. The summed E-state index contributed by atoms with van der Waals surface area (Å²) >= 11 is 0. The van der Waals surface area contributed by atoms with Crippen LogP contribution in [0.2, 0.25) is 0 Å². The molecule has 1 aromatic carbocycles. The number of carbonyl (C=O) groups excluding carboxylic acids is 2. The standard InChI is InChI=1S/C26H32N4O5/c1-7-17-9-8-15-12-30(24(27)22(15)28-17)13-20(31)16-10-18(25(34)29(5)14-21(32)33)23(35-6)19(11-16)26(2,3)4/h8-11,27H,7,12-14H2,1-6H3,(H,32,33). The van der Waals surface area contributed by atoms with Gasteiger partial charge in [0.25, 0.3) is 5.91 Å². The summed E-state index contributed by atoms with van der Waals surface area (Å²) in [6.45, 7) is 7.70. The molecule has 0 aliphatic carbocycles. The van der Waals surface area contributed by atoms with Gasteiger partial charge in [0.05, 0.1) is 19.2 Å². The Morgan fingerprint density at radius 3 is 2.49 bits per heavy atom. The molecule has 2 N–H and O–H groups in total. The van der Waals surface area contributed by atoms with Crippen molar-refractivity contribution in [3.8, 4) is 5.75 Å². The minimum absolute atomic E-state index is 0.0504. The summed E-state index contributed by atoms with van der Waals surface area (Å²) in [5.74, 6) is -1.45. The van der Waals surface area contributed by atoms with Crippen LogP contribution >= 0.6 is 0 Å². The van der Waals surface area contributed by atoms with Crippen molar-refractivity contribution in [2.24, 2.45) is 0 Å². The normalized spacial score (nSPS) is 13.0. The highest BCUT2D eigenvalue weighted by Gasteiger charge is 2.31. The van der Waals surface area contributed by atoms with Gasteiger partial charge in [-0.3, -0.25) is 19.8 Å². The van der Waals surface area contributed by atoms with Gasteiger partial charge in [0.15, 0.2) is 5.78 Å². The third kappa shape index (κ3) is 5.34. The molecule has 0 unspecified atom stereocenters. The molecule has 0 fully saturated rings. The number of carboxylic acids is 1. The number of pyridine rings is 1. The number of amides is 1. The fraction of sp³-hybridized carbons (Fsp3) is 0.423. The number of methoxy groups -OCH3 is 1. The van der Waals surface area contributed by atoms with Crippen LogP contribution < -0.4 is 4.74 Å². The summed E-state index contributed by atoms with van der Waals surface area (Å²) in [6.07, 6.45) is 0.758. The molecule has 0 bridgehead atoms. The Hall–Kier alpha value is -3.75. The zero-order valence-corrected chi connectivity index (χ0v) is 21.1. The molecule has 35 heavy (non-hydrogen) atoms. The van der Waals surface area contributed by atoms with Crippen LogP contribution in [-0.4, -0.2) is 70.6 Å². The maximum Gasteiger partial charge on any atom is 0.323 e. The number of fused-ring (bicyclic) bond motifs is 1. The van der Waals surface area contributed by atoms with Gasteiger partial charge in [-0.1, -0.05) is 33.8 Å². The van der Waals surface area contributed by atoms with Crippen molar-refractivity contribution in [1.82, 2.24) is 14.8 Å². The SMILES string of the molecule is CCc1ccc2c(n1)C(=N)N(CC(=O)c1cc(C(=O)N(C)CC(=O)O)c(OC)c(C(C)(C)C)c1)C2. The van der Waals surface area contributed by atoms with Gasteiger partial charge in [0.2, 0.25) is 0 Å². The molecule has 3 rings (SSSR count). The third-order valence-electron chi connectivity index (χ3n) is 6.01. The fourth-order valence-electron chi connectivity index (χ4n) is 4.10. The quantitative estimate of drug-likeness (QED) is 0.556. The first-order valence-corrected chi connectivity index (χ1v) is 11.4. The number of aliphatic carboxylic acids is 1. The van der Waals surface area contributed by atoms with E-state index in [0.29, 0.717) is 29.1 Å². The Balaban J connectivity index is 1.98. The summed E-state index contributed by atoms with van der Waals surface area (Å²) < 4.78 is 5.57. The van der Waals surface area contributed by atoms with Crippen LogP contribution in [0.5, 0.6) is 5.75 Å². The van der Waals surface area contributed by atoms with Crippen LogP contribution in [0, 0.1) is 5.41 Å². The molecule has 2 heterocycles. The first-order chi connectivity index (χ1) is 16.4. The lowest BCUT2D eigenvalue weighted by atomic mass is 9.83. The number of nitrogens with zero attached hydrogens (tertiary/aromatic N) is 3. The number of ether oxygens (including phenoxy) is 1. The van der Waals surface area contributed by atoms with Gasteiger partial charge in [0.1, 0.15) is 23.8 Å². The molecule has 1 aromatic heterocycles. The summed E-state index contributed by atoms with van der Waals surface area (Å²) in [5.41, 5.74) is 3.01. The number of carbonyl (C=O) groups is 3. The van der Waals surface area contributed by atoms with Gasteiger partial charge in [-0.15, -0.1) is 0 Å². The lowest BCUT2D eigenvalue weighted by Gasteiger charge is -2.26. The first-order valence-electron chi connectivity index (χ1n) is 11.4. The van der Waals surface area contributed by atoms with Gasteiger partial charge in [-0.25, -0.2) is 4.98 Å². The van der Waals surface area contributed by atoms with E-state index in [0.717, 1.165) is 22.6 Å². The highest BCUT2D eigenvalue weighted by molar-refractivity contribution is 6.06. The van der Waals surface area contributed by atoms with E-state index in [9.17, 15) is 14.4 Å². The Labute approximate surface area is 205 Å². The molecular formula is C26H32N4O5. The van der Waals surface area contributed by atoms with Gasteiger partial charge >= 0.3 is 5.97 Å². The molecule has 186 valence electrons. The summed E-state index contributed by atoms with van der Waals surface area (Å²) in [4.78, 5) is 45.0. The molecule has 0 atom stereocenters. The van der Waals surface area contributed by atoms with E-state index in [2.05, 4.69) is 4.98 Å². The van der Waals surface area contributed by atoms with E-state index in [1.54, 1.807) is 11.0 Å². The maximum absolute atomic E-state index is 13.4. The second-order valence-electron chi connectivity index (χ2n) is 9.70. The van der Waals surface area contributed by atoms with Crippen LogP contribution in [0.4, 0.5) is 0 Å². The molecule has 1 aliphatic heterocycles. The number of aryl methyl sites for hydroxylation is 1. The van der Waals surface area contributed by atoms with Crippen molar-refractivity contribution < 1.29 is 24.2 Å². The zero-order valence-electron chi connectivity index (χ0n) is 21.1. The van der Waals surface area contributed by atoms with Crippen molar-refractivity contribution in [3.63, 3.8) is 0 Å². The third-order valence-corrected chi connectivity index (χ3v) is 6.01. The molecule has 0 saturated carbocycles. The second-order valence-corrected chi connectivity index (χ2v) is 9.70. The van der Waals surface area contributed by atoms with Crippen molar-refractivity contribution in [2.75, 3.05) is 27.2 Å². The summed E-state index contributed by atoms with van der Waals surface area (Å²) in [7, 11) is 2.84. The number of aromatic nitrogens is 1. The lowest BCUT2D eigenvalue weighted by molar-refractivity contribution is -0.137. The molecule has 1 aliphatic rings. The molecular weight excluding hydrogens is 448 g/mol. The maximum atomic E-state index is 13.4. The van der Waals surface area contributed by atoms with Gasteiger partial charge < -0.3 is 19.6 Å². The van der Waals surface area contributed by atoms with Crippen LogP contribution in [0.15, 0.2) is 24.3 Å². The van der Waals surface area contributed by atoms with Crippen LogP contribution in [-0.2, 0) is 23.2 Å². The Morgan fingerprint density at radius 1 is 1.23 bits per heavy atom. The zero-order chi connectivity index (χ0) is 26.1. The van der Waals surface area contributed by atoms with E-state index in [1.165, 1.54) is 20.2 Å². The predicted molar refractivity (Wildman–Crippen MR) is 131 cm³/mol. The van der Waals surface area contributed by atoms with Gasteiger partial charge in [0, 0.05) is 36.0 Å². The smallest absolute Gasteiger partial charge is 0.323 e. The number of carboxylic acid groups (broad SMARTS) is 1. The van der Waals surface area contributed by atoms with Crippen molar-refractivity contribution in [2.45, 2.75) is 46.1 Å². The minimum atomic E-state index is -1.14. The van der Waals surface area contributed by atoms with Gasteiger partial charge in [-0.05, 0) is 30.0 Å². The topological polar surface area (TPSA) is 124 Å². The number of hydrogen-bond donors (Lipinski definition) is 2. The first kappa shape index (κ1) is 25.9. The molecule has 9 heteroatoms. The highest BCUT2D eigenvalue weighted by Crippen LogP contribution is 2.36. The van der Waals surface area contributed by atoms with Crippen LogP contribution in [0.3, 0.4) is 0 Å². The largest absolute Gasteiger partial charge is 0.496 e. The lowest BCUT2D eigenvalue weighted by Crippen LogP contribution is -2.33. The predicted octanol–water partition coefficient (Wildman–Crippen LogP) is 3.13. The van der Waals surface area contributed by atoms with Crippen LogP contribution in [0.1, 0.15) is 70.9 Å². The number of nitrogens with one attached hydrogen (secondary N) is 1. The van der Waals surface area contributed by atoms with E-state index < -0.39 is 23.8 Å².